The molecule has 1 aromatic heterocycles. The Bertz CT molecular complexity index is 694. The first-order valence-electron chi connectivity index (χ1n) is 6.15. The average molecular weight is 311 g/mol. The van der Waals surface area contributed by atoms with Crippen LogP contribution in [0.4, 0.5) is 0 Å². The number of rotatable bonds is 6. The summed E-state index contributed by atoms with van der Waals surface area (Å²) in [6, 6.07) is 7.27. The molecule has 0 amide bonds. The van der Waals surface area contributed by atoms with Gasteiger partial charge >= 0.3 is 0 Å². The van der Waals surface area contributed by atoms with E-state index in [1.54, 1.807) is 19.2 Å². The maximum Gasteiger partial charge on any atom is 0.279 e. The second kappa shape index (κ2) is 6.20. The molecule has 1 heterocycles. The minimum absolute atomic E-state index is 0.0453. The molecule has 2 rings (SSSR count). The predicted molar refractivity (Wildman–Crippen MR) is 77.8 cm³/mol. The maximum atomic E-state index is 11.6. The highest BCUT2D eigenvalue weighted by molar-refractivity contribution is 7.87. The van der Waals surface area contributed by atoms with Crippen molar-refractivity contribution < 1.29 is 13.2 Å². The van der Waals surface area contributed by atoms with Gasteiger partial charge < -0.3 is 4.74 Å². The van der Waals surface area contributed by atoms with E-state index in [-0.39, 0.29) is 6.54 Å². The molecule has 0 saturated carbocycles. The molecule has 2 aromatic rings. The van der Waals surface area contributed by atoms with Crippen molar-refractivity contribution >= 4 is 10.2 Å². The third-order valence-corrected chi connectivity index (χ3v) is 4.25. The second-order valence-electron chi connectivity index (χ2n) is 4.44. The van der Waals surface area contributed by atoms with E-state index in [4.69, 9.17) is 4.74 Å². The number of hydrogen-bond acceptors (Lipinski definition) is 5. The first-order chi connectivity index (χ1) is 9.92. The molecular formula is C12H17N5O3S. The normalized spacial score (nSPS) is 11.8. The van der Waals surface area contributed by atoms with E-state index >= 15 is 0 Å². The third kappa shape index (κ3) is 3.78. The number of aromatic nitrogens is 3. The molecule has 0 saturated heterocycles. The first-order valence-corrected chi connectivity index (χ1v) is 7.59. The Balaban J connectivity index is 2.07. The Morgan fingerprint density at radius 3 is 2.52 bits per heavy atom. The monoisotopic (exact) mass is 311 g/mol. The Morgan fingerprint density at radius 2 is 1.95 bits per heavy atom. The number of ether oxygens (including phenoxy) is 1. The summed E-state index contributed by atoms with van der Waals surface area (Å²) in [4.78, 5) is 4.25. The molecule has 9 heteroatoms. The predicted octanol–water partition coefficient (Wildman–Crippen LogP) is 0.376. The molecule has 0 aliphatic rings. The van der Waals surface area contributed by atoms with Crippen LogP contribution in [0.15, 0.2) is 24.3 Å². The zero-order valence-electron chi connectivity index (χ0n) is 12.0. The lowest BCUT2D eigenvalue weighted by molar-refractivity contribution is 0.415. The van der Waals surface area contributed by atoms with Crippen molar-refractivity contribution in [2.75, 3.05) is 21.2 Å². The molecule has 1 aromatic carbocycles. The zero-order chi connectivity index (χ0) is 15.5. The van der Waals surface area contributed by atoms with E-state index < -0.39 is 10.2 Å². The molecule has 2 N–H and O–H groups in total. The number of benzene rings is 1. The SMILES string of the molecule is COc1ccc(-c2n[nH]c(CNS(=O)(=O)N(C)C)n2)cc1. The van der Waals surface area contributed by atoms with Gasteiger partial charge in [0.2, 0.25) is 0 Å². The molecule has 0 spiro atoms. The summed E-state index contributed by atoms with van der Waals surface area (Å²) in [6.45, 7) is 0.0453. The minimum Gasteiger partial charge on any atom is -0.497 e. The summed E-state index contributed by atoms with van der Waals surface area (Å²) >= 11 is 0. The minimum atomic E-state index is -3.48. The van der Waals surface area contributed by atoms with Gasteiger partial charge in [-0.05, 0) is 24.3 Å². The highest BCUT2D eigenvalue weighted by atomic mass is 32.2. The van der Waals surface area contributed by atoms with Crippen LogP contribution in [0.5, 0.6) is 5.75 Å². The van der Waals surface area contributed by atoms with E-state index in [9.17, 15) is 8.42 Å². The lowest BCUT2D eigenvalue weighted by Crippen LogP contribution is -2.35. The van der Waals surface area contributed by atoms with Crippen LogP contribution in [0.25, 0.3) is 11.4 Å². The van der Waals surface area contributed by atoms with E-state index in [0.717, 1.165) is 15.6 Å². The lowest BCUT2D eigenvalue weighted by atomic mass is 10.2. The molecule has 0 bridgehead atoms. The van der Waals surface area contributed by atoms with Gasteiger partial charge in [-0.25, -0.2) is 4.98 Å². The van der Waals surface area contributed by atoms with Crippen molar-refractivity contribution in [2.24, 2.45) is 0 Å². The Kier molecular flexibility index (Phi) is 4.56. The van der Waals surface area contributed by atoms with Gasteiger partial charge in [0, 0.05) is 19.7 Å². The van der Waals surface area contributed by atoms with Crippen LogP contribution in [0.3, 0.4) is 0 Å². The number of aromatic amines is 1. The molecule has 0 radical (unpaired) electrons. The van der Waals surface area contributed by atoms with Gasteiger partial charge in [-0.2, -0.15) is 22.5 Å². The van der Waals surface area contributed by atoms with Crippen LogP contribution < -0.4 is 9.46 Å². The summed E-state index contributed by atoms with van der Waals surface area (Å²) in [7, 11) is 1.01. The topological polar surface area (TPSA) is 100 Å². The smallest absolute Gasteiger partial charge is 0.279 e. The number of hydrogen-bond donors (Lipinski definition) is 2. The lowest BCUT2D eigenvalue weighted by Gasteiger charge is -2.10. The van der Waals surface area contributed by atoms with Crippen LogP contribution in [0.2, 0.25) is 0 Å². The van der Waals surface area contributed by atoms with E-state index in [1.165, 1.54) is 14.1 Å². The summed E-state index contributed by atoms with van der Waals surface area (Å²) in [5.41, 5.74) is 0.814. The van der Waals surface area contributed by atoms with Crippen LogP contribution in [-0.2, 0) is 16.8 Å². The van der Waals surface area contributed by atoms with E-state index in [2.05, 4.69) is 19.9 Å². The molecule has 21 heavy (non-hydrogen) atoms. The molecule has 0 atom stereocenters. The third-order valence-electron chi connectivity index (χ3n) is 2.78. The summed E-state index contributed by atoms with van der Waals surface area (Å²) in [5, 5.41) is 6.77. The van der Waals surface area contributed by atoms with Crippen LogP contribution in [0.1, 0.15) is 5.82 Å². The number of nitrogens with zero attached hydrogens (tertiary/aromatic N) is 3. The standard InChI is InChI=1S/C12H17N5O3S/c1-17(2)21(18,19)13-8-11-14-12(16-15-11)9-4-6-10(20-3)7-5-9/h4-7,13H,8H2,1-3H3,(H,14,15,16). The van der Waals surface area contributed by atoms with Crippen molar-refractivity contribution in [3.8, 4) is 17.1 Å². The summed E-state index contributed by atoms with van der Waals surface area (Å²) in [6.07, 6.45) is 0. The van der Waals surface area contributed by atoms with Crippen molar-refractivity contribution in [1.82, 2.24) is 24.2 Å². The van der Waals surface area contributed by atoms with Crippen LogP contribution in [-0.4, -0.2) is 49.1 Å². The Morgan fingerprint density at radius 1 is 1.29 bits per heavy atom. The Labute approximate surface area is 123 Å². The zero-order valence-corrected chi connectivity index (χ0v) is 12.8. The van der Waals surface area contributed by atoms with Gasteiger partial charge in [0.15, 0.2) is 5.82 Å². The molecule has 0 unspecified atom stereocenters. The Hall–Kier alpha value is -1.97. The highest BCUT2D eigenvalue weighted by Crippen LogP contribution is 2.18. The van der Waals surface area contributed by atoms with Gasteiger partial charge in [-0.1, -0.05) is 0 Å². The first kappa shape index (κ1) is 15.4. The molecule has 114 valence electrons. The number of nitrogens with one attached hydrogen (secondary N) is 2. The van der Waals surface area contributed by atoms with E-state index in [0.29, 0.717) is 11.6 Å². The van der Waals surface area contributed by atoms with Crippen molar-refractivity contribution in [2.45, 2.75) is 6.54 Å². The fourth-order valence-corrected chi connectivity index (χ4v) is 2.11. The summed E-state index contributed by atoms with van der Waals surface area (Å²) in [5.74, 6) is 1.68. The molecule has 0 fully saturated rings. The van der Waals surface area contributed by atoms with Crippen molar-refractivity contribution in [3.63, 3.8) is 0 Å². The molecule has 0 aliphatic heterocycles. The second-order valence-corrected chi connectivity index (χ2v) is 6.41. The largest absolute Gasteiger partial charge is 0.497 e. The van der Waals surface area contributed by atoms with Gasteiger partial charge in [-0.15, -0.1) is 0 Å². The van der Waals surface area contributed by atoms with Crippen LogP contribution in [0, 0.1) is 0 Å². The average Bonchev–Trinajstić information content (AvgIpc) is 2.94. The fourth-order valence-electron chi connectivity index (χ4n) is 1.53. The van der Waals surface area contributed by atoms with Gasteiger partial charge in [0.1, 0.15) is 11.6 Å². The molecule has 8 nitrogen and oxygen atoms in total. The van der Waals surface area contributed by atoms with Gasteiger partial charge in [0.05, 0.1) is 13.7 Å². The highest BCUT2D eigenvalue weighted by Gasteiger charge is 2.14. The molecular weight excluding hydrogens is 294 g/mol. The van der Waals surface area contributed by atoms with Gasteiger partial charge in [-0.3, -0.25) is 5.10 Å². The number of H-pyrrole nitrogens is 1. The maximum absolute atomic E-state index is 11.6. The van der Waals surface area contributed by atoms with E-state index in [1.807, 2.05) is 12.1 Å². The fraction of sp³-hybridized carbons (Fsp3) is 0.333. The van der Waals surface area contributed by atoms with Crippen molar-refractivity contribution in [3.05, 3.63) is 30.1 Å². The van der Waals surface area contributed by atoms with Gasteiger partial charge in [0.25, 0.3) is 10.2 Å². The summed E-state index contributed by atoms with van der Waals surface area (Å²) < 4.78 is 31.8. The number of methoxy groups -OCH3 is 1. The van der Waals surface area contributed by atoms with Crippen LogP contribution >= 0.6 is 0 Å². The van der Waals surface area contributed by atoms with Crippen molar-refractivity contribution in [1.29, 1.82) is 0 Å². The quantitative estimate of drug-likeness (QED) is 0.803. The molecule has 0 aliphatic carbocycles.